The number of thiophene rings is 1. The molecular weight excluding hydrogens is 268 g/mol. The average molecular weight is 287 g/mol. The lowest BCUT2D eigenvalue weighted by molar-refractivity contribution is -0.120. The largest absolute Gasteiger partial charge is 0.353 e. The number of fused-ring (bicyclic) bond motifs is 1. The molecule has 1 aliphatic rings. The third kappa shape index (κ3) is 3.46. The normalized spacial score (nSPS) is 18.8. The standard InChI is InChI=1S/C13H19ClN2OS/c1-8(2)16-13(17)7-15-10-4-3-5-11-9(10)6-12(14)18-11/h6,8,10,15H,3-5,7H2,1-2H3,(H,16,17). The van der Waals surface area contributed by atoms with Gasteiger partial charge in [0.15, 0.2) is 0 Å². The lowest BCUT2D eigenvalue weighted by Gasteiger charge is -2.23. The van der Waals surface area contributed by atoms with Crippen molar-refractivity contribution >= 4 is 28.8 Å². The van der Waals surface area contributed by atoms with Crippen LogP contribution in [0.1, 0.15) is 43.2 Å². The molecule has 1 unspecified atom stereocenters. The molecule has 0 radical (unpaired) electrons. The number of carbonyl (C=O) groups excluding carboxylic acids is 1. The van der Waals surface area contributed by atoms with Gasteiger partial charge >= 0.3 is 0 Å². The summed E-state index contributed by atoms with van der Waals surface area (Å²) in [7, 11) is 0. The van der Waals surface area contributed by atoms with Crippen LogP contribution in [0, 0.1) is 0 Å². The molecule has 0 fully saturated rings. The molecule has 1 aliphatic carbocycles. The summed E-state index contributed by atoms with van der Waals surface area (Å²) in [5.74, 6) is 0.0541. The van der Waals surface area contributed by atoms with Crippen molar-refractivity contribution in [2.75, 3.05) is 6.54 Å². The van der Waals surface area contributed by atoms with Crippen molar-refractivity contribution < 1.29 is 4.79 Å². The van der Waals surface area contributed by atoms with Gasteiger partial charge in [-0.05, 0) is 44.7 Å². The Morgan fingerprint density at radius 2 is 2.39 bits per heavy atom. The molecular formula is C13H19ClN2OS. The number of aryl methyl sites for hydroxylation is 1. The maximum absolute atomic E-state index is 11.6. The molecule has 0 spiro atoms. The smallest absolute Gasteiger partial charge is 0.234 e. The molecule has 1 aromatic heterocycles. The van der Waals surface area contributed by atoms with Gasteiger partial charge in [0.1, 0.15) is 0 Å². The number of nitrogens with one attached hydrogen (secondary N) is 2. The summed E-state index contributed by atoms with van der Waals surface area (Å²) in [5, 5.41) is 6.22. The zero-order chi connectivity index (χ0) is 13.1. The molecule has 18 heavy (non-hydrogen) atoms. The average Bonchev–Trinajstić information content (AvgIpc) is 2.66. The lowest BCUT2D eigenvalue weighted by Crippen LogP contribution is -2.39. The molecule has 5 heteroatoms. The van der Waals surface area contributed by atoms with E-state index in [1.54, 1.807) is 11.3 Å². The van der Waals surface area contributed by atoms with E-state index in [4.69, 9.17) is 11.6 Å². The third-order valence-corrected chi connectivity index (χ3v) is 4.38. The molecule has 1 heterocycles. The molecule has 2 rings (SSSR count). The van der Waals surface area contributed by atoms with E-state index < -0.39 is 0 Å². The minimum atomic E-state index is 0.0541. The second-order valence-corrected chi connectivity index (χ2v) is 6.75. The van der Waals surface area contributed by atoms with Crippen molar-refractivity contribution in [3.05, 3.63) is 20.8 Å². The highest BCUT2D eigenvalue weighted by molar-refractivity contribution is 7.16. The maximum atomic E-state index is 11.6. The predicted octanol–water partition coefficient (Wildman–Crippen LogP) is 2.89. The number of hydrogen-bond donors (Lipinski definition) is 2. The Morgan fingerprint density at radius 1 is 1.61 bits per heavy atom. The van der Waals surface area contributed by atoms with Crippen LogP contribution < -0.4 is 10.6 Å². The Labute approximate surface area is 117 Å². The molecule has 0 saturated carbocycles. The highest BCUT2D eigenvalue weighted by Gasteiger charge is 2.22. The van der Waals surface area contributed by atoms with Crippen LogP contribution in [-0.2, 0) is 11.2 Å². The topological polar surface area (TPSA) is 41.1 Å². The zero-order valence-corrected chi connectivity index (χ0v) is 12.3. The lowest BCUT2D eigenvalue weighted by atomic mass is 9.94. The van der Waals surface area contributed by atoms with Crippen LogP contribution in [0.2, 0.25) is 4.34 Å². The van der Waals surface area contributed by atoms with Gasteiger partial charge in [-0.25, -0.2) is 0 Å². The van der Waals surface area contributed by atoms with E-state index in [9.17, 15) is 4.79 Å². The van der Waals surface area contributed by atoms with Crippen LogP contribution in [0.3, 0.4) is 0 Å². The number of rotatable bonds is 4. The molecule has 2 N–H and O–H groups in total. The summed E-state index contributed by atoms with van der Waals surface area (Å²) in [6.45, 7) is 4.31. The Morgan fingerprint density at radius 3 is 3.11 bits per heavy atom. The summed E-state index contributed by atoms with van der Waals surface area (Å²) in [6, 6.07) is 2.51. The monoisotopic (exact) mass is 286 g/mol. The molecule has 0 aromatic carbocycles. The van der Waals surface area contributed by atoms with E-state index in [1.807, 2.05) is 19.9 Å². The Bertz CT molecular complexity index is 431. The van der Waals surface area contributed by atoms with Gasteiger partial charge in [-0.3, -0.25) is 4.79 Å². The molecule has 1 aromatic rings. The number of hydrogen-bond acceptors (Lipinski definition) is 3. The van der Waals surface area contributed by atoms with Gasteiger partial charge in [-0.2, -0.15) is 0 Å². The van der Waals surface area contributed by atoms with Crippen molar-refractivity contribution in [3.63, 3.8) is 0 Å². The minimum Gasteiger partial charge on any atom is -0.353 e. The second-order valence-electron chi connectivity index (χ2n) is 4.98. The Hall–Kier alpha value is -0.580. The van der Waals surface area contributed by atoms with Gasteiger partial charge in [-0.1, -0.05) is 11.6 Å². The summed E-state index contributed by atoms with van der Waals surface area (Å²) in [5.41, 5.74) is 1.29. The van der Waals surface area contributed by atoms with Gasteiger partial charge in [0.25, 0.3) is 0 Å². The summed E-state index contributed by atoms with van der Waals surface area (Å²) >= 11 is 7.72. The van der Waals surface area contributed by atoms with Crippen molar-refractivity contribution in [1.82, 2.24) is 10.6 Å². The Balaban J connectivity index is 1.93. The van der Waals surface area contributed by atoms with Crippen LogP contribution in [0.15, 0.2) is 6.07 Å². The van der Waals surface area contributed by atoms with E-state index in [0.29, 0.717) is 6.54 Å². The van der Waals surface area contributed by atoms with Crippen LogP contribution in [-0.4, -0.2) is 18.5 Å². The fourth-order valence-corrected chi connectivity index (χ4v) is 3.71. The minimum absolute atomic E-state index is 0.0541. The molecule has 100 valence electrons. The highest BCUT2D eigenvalue weighted by Crippen LogP contribution is 2.37. The molecule has 0 aliphatic heterocycles. The van der Waals surface area contributed by atoms with Gasteiger partial charge < -0.3 is 10.6 Å². The first-order valence-corrected chi connectivity index (χ1v) is 7.56. The van der Waals surface area contributed by atoms with Crippen LogP contribution in [0.5, 0.6) is 0 Å². The SMILES string of the molecule is CC(C)NC(=O)CNC1CCCc2sc(Cl)cc21. The second kappa shape index (κ2) is 6.04. The first-order valence-electron chi connectivity index (χ1n) is 6.37. The van der Waals surface area contributed by atoms with E-state index in [-0.39, 0.29) is 18.0 Å². The number of carbonyl (C=O) groups is 1. The fourth-order valence-electron chi connectivity index (χ4n) is 2.32. The summed E-state index contributed by atoms with van der Waals surface area (Å²) in [4.78, 5) is 13.0. The van der Waals surface area contributed by atoms with Crippen LogP contribution in [0.25, 0.3) is 0 Å². The fraction of sp³-hybridized carbons (Fsp3) is 0.615. The first-order chi connectivity index (χ1) is 8.56. The van der Waals surface area contributed by atoms with E-state index >= 15 is 0 Å². The predicted molar refractivity (Wildman–Crippen MR) is 76.3 cm³/mol. The quantitative estimate of drug-likeness (QED) is 0.894. The number of amides is 1. The van der Waals surface area contributed by atoms with Gasteiger partial charge in [0.05, 0.1) is 10.9 Å². The number of halogens is 1. The van der Waals surface area contributed by atoms with Crippen molar-refractivity contribution in [2.45, 2.75) is 45.2 Å². The maximum Gasteiger partial charge on any atom is 0.234 e. The van der Waals surface area contributed by atoms with E-state index in [0.717, 1.165) is 23.6 Å². The highest BCUT2D eigenvalue weighted by atomic mass is 35.5. The van der Waals surface area contributed by atoms with E-state index in [2.05, 4.69) is 10.6 Å². The molecule has 3 nitrogen and oxygen atoms in total. The molecule has 1 amide bonds. The zero-order valence-electron chi connectivity index (χ0n) is 10.8. The molecule has 0 saturated heterocycles. The summed E-state index contributed by atoms with van der Waals surface area (Å²) in [6.07, 6.45) is 3.35. The first kappa shape index (κ1) is 13.8. The van der Waals surface area contributed by atoms with E-state index in [1.165, 1.54) is 10.4 Å². The van der Waals surface area contributed by atoms with Gasteiger partial charge in [-0.15, -0.1) is 11.3 Å². The van der Waals surface area contributed by atoms with Crippen molar-refractivity contribution in [2.24, 2.45) is 0 Å². The van der Waals surface area contributed by atoms with Crippen LogP contribution in [0.4, 0.5) is 0 Å². The Kier molecular flexibility index (Phi) is 4.65. The van der Waals surface area contributed by atoms with Gasteiger partial charge in [0.2, 0.25) is 5.91 Å². The molecule has 0 bridgehead atoms. The summed E-state index contributed by atoms with van der Waals surface area (Å²) < 4.78 is 0.848. The third-order valence-electron chi connectivity index (χ3n) is 3.04. The molecule has 1 atom stereocenters. The van der Waals surface area contributed by atoms with Crippen LogP contribution >= 0.6 is 22.9 Å². The van der Waals surface area contributed by atoms with Crippen molar-refractivity contribution in [3.8, 4) is 0 Å². The van der Waals surface area contributed by atoms with Crippen molar-refractivity contribution in [1.29, 1.82) is 0 Å². The van der Waals surface area contributed by atoms with Gasteiger partial charge in [0, 0.05) is 17.0 Å².